The van der Waals surface area contributed by atoms with Gasteiger partial charge in [-0.15, -0.1) is 0 Å². The second kappa shape index (κ2) is 65.9. The Bertz CT molecular complexity index is 1310. The number of carbonyl (C=O) groups is 1. The van der Waals surface area contributed by atoms with Gasteiger partial charge in [-0.25, -0.2) is 0 Å². The molecule has 0 aromatic heterocycles. The van der Waals surface area contributed by atoms with Gasteiger partial charge in [-0.1, -0.05) is 399 Å². The molecular formula is C74H151N2O6P. The zero-order valence-corrected chi connectivity index (χ0v) is 58.1. The Morgan fingerprint density at radius 2 is 0.590 bits per heavy atom. The maximum atomic E-state index is 13.1. The topological polar surface area (TPSA) is 108 Å². The maximum absolute atomic E-state index is 13.1. The SMILES string of the molecule is CCCCCCCCCCCCCCCCCCCCCCCCCCCCCCCCCCCCCCCC(=O)NC(COP(=O)([O-])OCC[N+](C)(C)C)C(O)CCCCCCCCCCCCCCCCCCCCCCCCCC. The molecule has 0 saturated carbocycles. The number of aliphatic hydroxyl groups is 1. The molecule has 1 amide bonds. The molecule has 3 unspecified atom stereocenters. The van der Waals surface area contributed by atoms with Gasteiger partial charge in [0.2, 0.25) is 5.91 Å². The van der Waals surface area contributed by atoms with E-state index in [0.29, 0.717) is 23.9 Å². The molecule has 8 nitrogen and oxygen atoms in total. The summed E-state index contributed by atoms with van der Waals surface area (Å²) in [6.45, 7) is 4.81. The van der Waals surface area contributed by atoms with Gasteiger partial charge in [0, 0.05) is 6.42 Å². The van der Waals surface area contributed by atoms with E-state index in [1.165, 1.54) is 353 Å². The van der Waals surface area contributed by atoms with Crippen LogP contribution in [0.5, 0.6) is 0 Å². The Kier molecular flexibility index (Phi) is 65.5. The molecule has 498 valence electrons. The number of rotatable bonds is 72. The monoisotopic (exact) mass is 1200 g/mol. The molecule has 0 aliphatic carbocycles. The summed E-state index contributed by atoms with van der Waals surface area (Å²) in [7, 11) is 1.33. The van der Waals surface area contributed by atoms with Gasteiger partial charge in [0.05, 0.1) is 39.9 Å². The zero-order valence-electron chi connectivity index (χ0n) is 57.2. The summed E-state index contributed by atoms with van der Waals surface area (Å²) in [6.07, 6.45) is 83.6. The highest BCUT2D eigenvalue weighted by molar-refractivity contribution is 7.45. The van der Waals surface area contributed by atoms with E-state index in [2.05, 4.69) is 19.2 Å². The third-order valence-corrected chi connectivity index (χ3v) is 19.1. The maximum Gasteiger partial charge on any atom is 0.268 e. The van der Waals surface area contributed by atoms with Crippen LogP contribution < -0.4 is 10.2 Å². The highest BCUT2D eigenvalue weighted by Gasteiger charge is 2.24. The van der Waals surface area contributed by atoms with Gasteiger partial charge in [0.1, 0.15) is 13.2 Å². The van der Waals surface area contributed by atoms with Crippen LogP contribution >= 0.6 is 7.82 Å². The van der Waals surface area contributed by atoms with E-state index in [-0.39, 0.29) is 19.1 Å². The number of likely N-dealkylation sites (N-methyl/N-ethyl adjacent to an activating group) is 1. The minimum absolute atomic E-state index is 0.0170. The summed E-state index contributed by atoms with van der Waals surface area (Å²) in [5, 5.41) is 14.1. The molecule has 0 saturated heterocycles. The summed E-state index contributed by atoms with van der Waals surface area (Å²) in [4.78, 5) is 25.7. The second-order valence-electron chi connectivity index (χ2n) is 27.7. The summed E-state index contributed by atoms with van der Waals surface area (Å²) >= 11 is 0. The molecule has 83 heavy (non-hydrogen) atoms. The van der Waals surface area contributed by atoms with E-state index in [9.17, 15) is 19.4 Å². The van der Waals surface area contributed by atoms with Crippen LogP contribution in [-0.4, -0.2) is 68.5 Å². The quantitative estimate of drug-likeness (QED) is 0.0357. The van der Waals surface area contributed by atoms with Crippen LogP contribution in [0.25, 0.3) is 0 Å². The normalized spacial score (nSPS) is 13.5. The summed E-state index contributed by atoms with van der Waals surface area (Å²) < 4.78 is 23.6. The van der Waals surface area contributed by atoms with E-state index < -0.39 is 20.0 Å². The van der Waals surface area contributed by atoms with Crippen molar-refractivity contribution in [3.8, 4) is 0 Å². The number of hydrogen-bond acceptors (Lipinski definition) is 6. The number of carbonyl (C=O) groups excluding carboxylic acids is 1. The van der Waals surface area contributed by atoms with Crippen molar-refractivity contribution >= 4 is 13.7 Å². The summed E-state index contributed by atoms with van der Waals surface area (Å²) in [5.74, 6) is -0.153. The average molecular weight is 1200 g/mol. The minimum atomic E-state index is -4.58. The molecule has 0 aromatic carbocycles. The third kappa shape index (κ3) is 68.8. The van der Waals surface area contributed by atoms with Crippen molar-refractivity contribution in [2.75, 3.05) is 40.9 Å². The Morgan fingerprint density at radius 1 is 0.373 bits per heavy atom. The van der Waals surface area contributed by atoms with E-state index in [1.807, 2.05) is 21.1 Å². The van der Waals surface area contributed by atoms with Crippen molar-refractivity contribution in [3.05, 3.63) is 0 Å². The number of nitrogens with one attached hydrogen (secondary N) is 1. The van der Waals surface area contributed by atoms with Crippen LogP contribution in [0.4, 0.5) is 0 Å². The van der Waals surface area contributed by atoms with Gasteiger partial charge >= 0.3 is 0 Å². The molecule has 0 rings (SSSR count). The molecule has 0 spiro atoms. The first-order valence-corrected chi connectivity index (χ1v) is 39.3. The molecule has 2 N–H and O–H groups in total. The molecule has 0 aliphatic rings. The molecule has 0 bridgehead atoms. The Labute approximate surface area is 520 Å². The largest absolute Gasteiger partial charge is 0.756 e. The number of phosphoric acid groups is 1. The van der Waals surface area contributed by atoms with Crippen LogP contribution in [0.2, 0.25) is 0 Å². The number of quaternary nitrogens is 1. The number of nitrogens with zero attached hydrogens (tertiary/aromatic N) is 1. The predicted molar refractivity (Wildman–Crippen MR) is 363 cm³/mol. The lowest BCUT2D eigenvalue weighted by Crippen LogP contribution is -2.46. The number of unbranched alkanes of at least 4 members (excludes halogenated alkanes) is 59. The van der Waals surface area contributed by atoms with Gasteiger partial charge in [0.15, 0.2) is 0 Å². The lowest BCUT2D eigenvalue weighted by molar-refractivity contribution is -0.870. The van der Waals surface area contributed by atoms with Crippen molar-refractivity contribution in [2.45, 2.75) is 431 Å². The standard InChI is InChI=1S/C74H151N2O6P/c1-6-8-10-12-14-16-18-20-22-24-26-28-30-32-33-34-35-36-37-38-39-40-41-42-43-44-46-48-50-52-54-56-58-60-62-64-66-68-74(78)75-72(71-82-83(79,80)81-70-69-76(3,4)5)73(77)67-65-63-61-59-57-55-53-51-49-47-45-31-29-27-25-23-21-19-17-15-13-11-9-7-2/h72-73,77H,6-71H2,1-5H3,(H-,75,78,79,80). The van der Waals surface area contributed by atoms with Gasteiger partial charge in [-0.05, 0) is 12.8 Å². The molecule has 9 heteroatoms. The fraction of sp³-hybridized carbons (Fsp3) is 0.986. The first-order valence-electron chi connectivity index (χ1n) is 37.9. The number of hydrogen-bond donors (Lipinski definition) is 2. The summed E-state index contributed by atoms with van der Waals surface area (Å²) in [6, 6.07) is -0.797. The Morgan fingerprint density at radius 3 is 0.819 bits per heavy atom. The molecule has 0 radical (unpaired) electrons. The van der Waals surface area contributed by atoms with Crippen LogP contribution in [0.15, 0.2) is 0 Å². The smallest absolute Gasteiger partial charge is 0.268 e. The van der Waals surface area contributed by atoms with Crippen LogP contribution in [0.3, 0.4) is 0 Å². The van der Waals surface area contributed by atoms with Gasteiger partial charge in [-0.2, -0.15) is 0 Å². The van der Waals surface area contributed by atoms with Crippen molar-refractivity contribution in [3.63, 3.8) is 0 Å². The van der Waals surface area contributed by atoms with Crippen molar-refractivity contribution < 1.29 is 32.9 Å². The van der Waals surface area contributed by atoms with Gasteiger partial charge in [-0.3, -0.25) is 9.36 Å². The molecule has 0 aliphatic heterocycles. The number of phosphoric ester groups is 1. The van der Waals surface area contributed by atoms with Crippen molar-refractivity contribution in [1.29, 1.82) is 0 Å². The van der Waals surface area contributed by atoms with E-state index in [4.69, 9.17) is 9.05 Å². The zero-order chi connectivity index (χ0) is 60.5. The molecule has 0 fully saturated rings. The predicted octanol–water partition coefficient (Wildman–Crippen LogP) is 23.7. The highest BCUT2D eigenvalue weighted by atomic mass is 31.2. The molecule has 3 atom stereocenters. The van der Waals surface area contributed by atoms with Crippen molar-refractivity contribution in [2.24, 2.45) is 0 Å². The van der Waals surface area contributed by atoms with E-state index in [0.717, 1.165) is 38.5 Å². The Hall–Kier alpha value is -0.500. The van der Waals surface area contributed by atoms with Crippen LogP contribution in [0.1, 0.15) is 418 Å². The summed E-state index contributed by atoms with van der Waals surface area (Å²) in [5.41, 5.74) is 0. The van der Waals surface area contributed by atoms with Gasteiger partial charge in [0.25, 0.3) is 7.82 Å². The van der Waals surface area contributed by atoms with E-state index in [1.54, 1.807) is 0 Å². The lowest BCUT2D eigenvalue weighted by atomic mass is 10.0. The average Bonchev–Trinajstić information content (AvgIpc) is 3.50. The fourth-order valence-electron chi connectivity index (χ4n) is 12.2. The molecule has 0 aromatic rings. The Balaban J connectivity index is 3.89. The van der Waals surface area contributed by atoms with Crippen LogP contribution in [-0.2, 0) is 18.4 Å². The molecule has 0 heterocycles. The van der Waals surface area contributed by atoms with E-state index >= 15 is 0 Å². The number of aliphatic hydroxyl groups excluding tert-OH is 1. The van der Waals surface area contributed by atoms with Crippen LogP contribution in [0, 0.1) is 0 Å². The first-order chi connectivity index (χ1) is 40.5. The molecular weight excluding hydrogens is 1040 g/mol. The van der Waals surface area contributed by atoms with Crippen molar-refractivity contribution in [1.82, 2.24) is 5.32 Å². The third-order valence-electron chi connectivity index (χ3n) is 18.1. The lowest BCUT2D eigenvalue weighted by Gasteiger charge is -2.30. The van der Waals surface area contributed by atoms with Gasteiger partial charge < -0.3 is 28.8 Å². The highest BCUT2D eigenvalue weighted by Crippen LogP contribution is 2.38. The second-order valence-corrected chi connectivity index (χ2v) is 29.1. The minimum Gasteiger partial charge on any atom is -0.756 e. The number of amides is 1. The fourth-order valence-corrected chi connectivity index (χ4v) is 12.9. The first kappa shape index (κ1) is 82.5.